The molecule has 2 aliphatic carbocycles. The SMILES string of the molecule is CC1(C)c2ccccc2-c2cc3c4cc(-c5cc(-c6cccc(-c7cccc(-c8cncnc8)c7)c6)cc(-c6cccc(-c7cccc(-c8cncnc8)c7)c6)c5)ccc4n(-c4ccccc4)c3cc21.c1ccc(C2(c3ccccc3)c3ccccc3-c3c(-c4cc(-c5cccc(-c6cccc(-c7ccncc7)c6)c5)cc(-c5cccc(-c6cccc(-c7ccncc7)c6)c5)c4)cccc32)cc1. The van der Waals surface area contributed by atoms with E-state index in [0.29, 0.717) is 0 Å². The summed E-state index contributed by atoms with van der Waals surface area (Å²) in [5, 5.41) is 2.47. The molecule has 0 saturated carbocycles. The van der Waals surface area contributed by atoms with Crippen molar-refractivity contribution in [3.63, 3.8) is 0 Å². The molecule has 0 fully saturated rings. The Bertz CT molecular complexity index is 8200. The van der Waals surface area contributed by atoms with Crippen LogP contribution in [0.3, 0.4) is 0 Å². The highest BCUT2D eigenvalue weighted by Gasteiger charge is 2.47. The minimum atomic E-state index is -0.497. The number of aromatic nitrogens is 7. The van der Waals surface area contributed by atoms with Crippen molar-refractivity contribution < 1.29 is 0 Å². The van der Waals surface area contributed by atoms with Gasteiger partial charge >= 0.3 is 0 Å². The molecule has 7 heteroatoms. The molecule has 23 aromatic rings. The van der Waals surface area contributed by atoms with Gasteiger partial charge in [0.25, 0.3) is 0 Å². The molecule has 18 aromatic carbocycles. The molecule has 0 bridgehead atoms. The van der Waals surface area contributed by atoms with E-state index in [-0.39, 0.29) is 5.41 Å². The molecule has 0 radical (unpaired) electrons. The van der Waals surface area contributed by atoms with E-state index in [2.05, 4.69) is 491 Å². The van der Waals surface area contributed by atoms with Crippen molar-refractivity contribution >= 4 is 21.8 Å². The van der Waals surface area contributed by atoms with Crippen molar-refractivity contribution in [1.82, 2.24) is 34.5 Å². The Balaban J connectivity index is 0.000000150. The van der Waals surface area contributed by atoms with Gasteiger partial charge in [-0.15, -0.1) is 0 Å². The summed E-state index contributed by atoms with van der Waals surface area (Å²) in [4.78, 5) is 25.6. The minimum absolute atomic E-state index is 0.117. The Morgan fingerprint density at radius 2 is 0.489 bits per heavy atom. The van der Waals surface area contributed by atoms with Crippen LogP contribution in [-0.2, 0) is 10.8 Å². The summed E-state index contributed by atoms with van der Waals surface area (Å²) in [7, 11) is 0. The maximum Gasteiger partial charge on any atom is 0.115 e. The standard InChI is InChI=1S/C65H45N5.C65H44N2/c1-65(2)61-23-7-6-22-57(61)58-34-60-59-33-50(24-25-63(59)70(64(60)35-62(58)65)56-20-4-3-5-21-56)53-31-51(46-16-8-12-42(26-46)44-14-10-18-48(28-44)54-36-66-40-67-37-54)30-52(32-53)47-17-9-13-43(27-47)45-15-11-19-49(29-45)55-38-68-41-69-39-55;1-3-22-58(23-4-1)65(59-24-5-2-6-25-59)62-28-8-7-26-61(62)64-60(27-13-29-63(64)65)57-43-55(53-20-11-18-51(40-53)49-16-9-14-47(38-49)45-30-34-66-35-31-45)42-56(44-57)54-21-12-19-52(41-54)50-17-10-15-48(39-50)46-32-36-67-37-33-46/h3-41H,1-2H3;1-44H. The van der Waals surface area contributed by atoms with Gasteiger partial charge in [-0.05, 0) is 346 Å². The first-order valence-electron chi connectivity index (χ1n) is 46.7. The molecule has 0 spiro atoms. The molecule has 5 heterocycles. The van der Waals surface area contributed by atoms with Crippen molar-refractivity contribution in [3.8, 4) is 184 Å². The molecule has 137 heavy (non-hydrogen) atoms. The van der Waals surface area contributed by atoms with Gasteiger partial charge in [0.1, 0.15) is 12.7 Å². The molecule has 0 unspecified atom stereocenters. The summed E-state index contributed by atoms with van der Waals surface area (Å²) in [5.41, 5.74) is 47.9. The van der Waals surface area contributed by atoms with Gasteiger partial charge in [0.05, 0.1) is 16.4 Å². The number of rotatable bonds is 17. The maximum absolute atomic E-state index is 4.28. The summed E-state index contributed by atoms with van der Waals surface area (Å²) in [6, 6.07) is 163. The first-order chi connectivity index (χ1) is 67.6. The van der Waals surface area contributed by atoms with Crippen molar-refractivity contribution in [2.45, 2.75) is 24.7 Å². The summed E-state index contributed by atoms with van der Waals surface area (Å²) >= 11 is 0. The van der Waals surface area contributed by atoms with Crippen molar-refractivity contribution in [2.24, 2.45) is 0 Å². The monoisotopic (exact) mass is 1750 g/mol. The third-order valence-electron chi connectivity index (χ3n) is 27.9. The first kappa shape index (κ1) is 82.4. The predicted molar refractivity (Wildman–Crippen MR) is 565 cm³/mol. The Hall–Kier alpha value is -17.8. The zero-order valence-electron chi connectivity index (χ0n) is 75.6. The average Bonchev–Trinajstić information content (AvgIpc) is 1.46. The lowest BCUT2D eigenvalue weighted by Gasteiger charge is -2.34. The van der Waals surface area contributed by atoms with Crippen LogP contribution in [0.1, 0.15) is 47.2 Å². The van der Waals surface area contributed by atoms with E-state index in [0.717, 1.165) is 117 Å². The second-order valence-electron chi connectivity index (χ2n) is 36.2. The van der Waals surface area contributed by atoms with Gasteiger partial charge in [0, 0.05) is 82.6 Å². The normalized spacial score (nSPS) is 12.4. The van der Waals surface area contributed by atoms with Crippen LogP contribution < -0.4 is 0 Å². The van der Waals surface area contributed by atoms with Crippen LogP contribution in [0.15, 0.2) is 505 Å². The van der Waals surface area contributed by atoms with Crippen molar-refractivity contribution in [2.75, 3.05) is 0 Å². The highest BCUT2D eigenvalue weighted by molar-refractivity contribution is 6.13. The number of para-hydroxylation sites is 1. The van der Waals surface area contributed by atoms with Crippen LogP contribution in [0, 0.1) is 0 Å². The zero-order valence-corrected chi connectivity index (χ0v) is 75.6. The van der Waals surface area contributed by atoms with E-state index >= 15 is 0 Å². The number of fused-ring (bicyclic) bond motifs is 9. The molecule has 25 rings (SSSR count). The largest absolute Gasteiger partial charge is 0.309 e. The molecule has 0 N–H and O–H groups in total. The lowest BCUT2D eigenvalue weighted by molar-refractivity contribution is 0.661. The smallest absolute Gasteiger partial charge is 0.115 e. The van der Waals surface area contributed by atoms with Crippen LogP contribution in [0.2, 0.25) is 0 Å². The summed E-state index contributed by atoms with van der Waals surface area (Å²) in [6.45, 7) is 4.73. The molecular formula is C130H89N7. The Morgan fingerprint density at radius 3 is 0.905 bits per heavy atom. The van der Waals surface area contributed by atoms with Gasteiger partial charge in [0.15, 0.2) is 0 Å². The van der Waals surface area contributed by atoms with E-state index in [1.807, 2.05) is 49.6 Å². The number of pyridine rings is 2. The average molecular weight is 1750 g/mol. The van der Waals surface area contributed by atoms with Crippen LogP contribution in [0.25, 0.3) is 206 Å². The zero-order chi connectivity index (χ0) is 91.3. The van der Waals surface area contributed by atoms with E-state index in [1.54, 1.807) is 12.7 Å². The maximum atomic E-state index is 4.28. The number of hydrogen-bond acceptors (Lipinski definition) is 6. The second-order valence-corrected chi connectivity index (χ2v) is 36.2. The summed E-state index contributed by atoms with van der Waals surface area (Å²) in [5.74, 6) is 0. The Labute approximate surface area is 797 Å². The fourth-order valence-corrected chi connectivity index (χ4v) is 21.2. The third kappa shape index (κ3) is 15.3. The molecule has 0 atom stereocenters. The van der Waals surface area contributed by atoms with Gasteiger partial charge in [-0.25, -0.2) is 19.9 Å². The Kier molecular flexibility index (Phi) is 21.1. The van der Waals surface area contributed by atoms with E-state index in [1.165, 1.54) is 122 Å². The predicted octanol–water partition coefficient (Wildman–Crippen LogP) is 32.8. The molecule has 644 valence electrons. The van der Waals surface area contributed by atoms with Gasteiger partial charge < -0.3 is 4.57 Å². The number of nitrogens with zero attached hydrogens (tertiary/aromatic N) is 7. The lowest BCUT2D eigenvalue weighted by Crippen LogP contribution is -2.28. The van der Waals surface area contributed by atoms with Crippen LogP contribution in [0.5, 0.6) is 0 Å². The highest BCUT2D eigenvalue weighted by atomic mass is 15.0. The van der Waals surface area contributed by atoms with Crippen molar-refractivity contribution in [1.29, 1.82) is 0 Å². The number of benzene rings is 18. The molecule has 0 aliphatic heterocycles. The van der Waals surface area contributed by atoms with Gasteiger partial charge in [-0.3, -0.25) is 9.97 Å². The molecule has 7 nitrogen and oxygen atoms in total. The van der Waals surface area contributed by atoms with Gasteiger partial charge in [-0.1, -0.05) is 311 Å². The fourth-order valence-electron chi connectivity index (χ4n) is 21.2. The summed E-state index contributed by atoms with van der Waals surface area (Å²) < 4.78 is 2.45. The lowest BCUT2D eigenvalue weighted by atomic mass is 9.67. The van der Waals surface area contributed by atoms with Gasteiger partial charge in [-0.2, -0.15) is 0 Å². The van der Waals surface area contributed by atoms with E-state index < -0.39 is 5.41 Å². The molecule has 2 aliphatic rings. The molecule has 0 saturated heterocycles. The molecular weight excluding hydrogens is 1660 g/mol. The van der Waals surface area contributed by atoms with Crippen molar-refractivity contribution in [3.05, 3.63) is 538 Å². The quantitative estimate of drug-likeness (QED) is 0.0903. The Morgan fingerprint density at radius 1 is 0.182 bits per heavy atom. The van der Waals surface area contributed by atoms with Crippen LogP contribution in [-0.4, -0.2) is 34.5 Å². The second kappa shape index (κ2) is 35.1. The summed E-state index contributed by atoms with van der Waals surface area (Å²) in [6.07, 6.45) is 18.0. The third-order valence-corrected chi connectivity index (χ3v) is 27.9. The van der Waals surface area contributed by atoms with Crippen LogP contribution in [0.4, 0.5) is 0 Å². The van der Waals surface area contributed by atoms with Gasteiger partial charge in [0.2, 0.25) is 0 Å². The first-order valence-corrected chi connectivity index (χ1v) is 46.7. The van der Waals surface area contributed by atoms with E-state index in [9.17, 15) is 0 Å². The topological polar surface area (TPSA) is 82.3 Å². The fraction of sp³-hybridized carbons (Fsp3) is 0.0308. The molecule has 5 aromatic heterocycles. The minimum Gasteiger partial charge on any atom is -0.309 e. The highest BCUT2D eigenvalue weighted by Crippen LogP contribution is 2.59. The van der Waals surface area contributed by atoms with E-state index in [4.69, 9.17) is 0 Å². The molecule has 0 amide bonds. The number of hydrogen-bond donors (Lipinski definition) is 0. The van der Waals surface area contributed by atoms with Crippen LogP contribution >= 0.6 is 0 Å².